The van der Waals surface area contributed by atoms with Crippen molar-refractivity contribution in [1.82, 2.24) is 0 Å². The number of hydrogen-bond donors (Lipinski definition) is 2. The van der Waals surface area contributed by atoms with E-state index in [1.165, 1.54) is 0 Å². The Labute approximate surface area is 116 Å². The molecule has 0 radical (unpaired) electrons. The zero-order chi connectivity index (χ0) is 14.1. The van der Waals surface area contributed by atoms with Crippen LogP contribution in [-0.2, 0) is 4.79 Å². The normalized spacial score (nSPS) is 15.1. The summed E-state index contributed by atoms with van der Waals surface area (Å²) in [5.74, 6) is 0.740. The number of carbonyl (C=O) groups is 1. The molecule has 2 aromatic carbocycles. The third-order valence-corrected chi connectivity index (χ3v) is 3.21. The fraction of sp³-hybridized carbons (Fsp3) is 0.0625. The van der Waals surface area contributed by atoms with Crippen molar-refractivity contribution >= 4 is 23.2 Å². The van der Waals surface area contributed by atoms with Crippen LogP contribution in [0.1, 0.15) is 11.1 Å². The van der Waals surface area contributed by atoms with E-state index in [1.54, 1.807) is 25.3 Å². The SMILES string of the molecule is COc1ccc(/C=C2/C(=O)Nc3cc(O)ccc32)cc1. The van der Waals surface area contributed by atoms with E-state index in [9.17, 15) is 9.90 Å². The van der Waals surface area contributed by atoms with E-state index in [-0.39, 0.29) is 11.7 Å². The van der Waals surface area contributed by atoms with Gasteiger partial charge in [0.1, 0.15) is 11.5 Å². The zero-order valence-electron chi connectivity index (χ0n) is 10.9. The summed E-state index contributed by atoms with van der Waals surface area (Å²) in [5.41, 5.74) is 2.93. The van der Waals surface area contributed by atoms with Crippen molar-refractivity contribution in [2.24, 2.45) is 0 Å². The van der Waals surface area contributed by atoms with Gasteiger partial charge in [-0.05, 0) is 35.9 Å². The Morgan fingerprint density at radius 3 is 2.60 bits per heavy atom. The molecule has 0 saturated heterocycles. The van der Waals surface area contributed by atoms with Crippen LogP contribution in [-0.4, -0.2) is 18.1 Å². The molecule has 0 aliphatic carbocycles. The molecule has 0 spiro atoms. The Balaban J connectivity index is 2.01. The second-order valence-electron chi connectivity index (χ2n) is 4.52. The lowest BCUT2D eigenvalue weighted by Gasteiger charge is -2.01. The van der Waals surface area contributed by atoms with Crippen molar-refractivity contribution in [3.05, 3.63) is 53.6 Å². The molecule has 20 heavy (non-hydrogen) atoms. The van der Waals surface area contributed by atoms with Gasteiger partial charge in [-0.2, -0.15) is 0 Å². The van der Waals surface area contributed by atoms with Crippen molar-refractivity contribution in [2.45, 2.75) is 0 Å². The first-order chi connectivity index (χ1) is 9.67. The molecule has 4 heteroatoms. The van der Waals surface area contributed by atoms with E-state index in [4.69, 9.17) is 4.74 Å². The quantitative estimate of drug-likeness (QED) is 0.822. The molecule has 0 saturated carbocycles. The Morgan fingerprint density at radius 1 is 1.15 bits per heavy atom. The summed E-state index contributed by atoms with van der Waals surface area (Å²) in [6, 6.07) is 12.3. The standard InChI is InChI=1S/C16H13NO3/c1-20-12-5-2-10(3-6-12)8-14-13-7-4-11(18)9-15(13)17-16(14)19/h2-9,18H,1H3,(H,17,19)/b14-8+. The van der Waals surface area contributed by atoms with Gasteiger partial charge in [0.05, 0.1) is 12.8 Å². The van der Waals surface area contributed by atoms with E-state index in [2.05, 4.69) is 5.32 Å². The highest BCUT2D eigenvalue weighted by Gasteiger charge is 2.24. The predicted molar refractivity (Wildman–Crippen MR) is 77.6 cm³/mol. The number of aromatic hydroxyl groups is 1. The summed E-state index contributed by atoms with van der Waals surface area (Å²) in [6.07, 6.45) is 1.82. The van der Waals surface area contributed by atoms with Crippen LogP contribution in [0, 0.1) is 0 Å². The lowest BCUT2D eigenvalue weighted by molar-refractivity contribution is -0.110. The van der Waals surface area contributed by atoms with Crippen LogP contribution in [0.4, 0.5) is 5.69 Å². The molecule has 100 valence electrons. The second-order valence-corrected chi connectivity index (χ2v) is 4.52. The van der Waals surface area contributed by atoms with Gasteiger partial charge in [0.15, 0.2) is 0 Å². The minimum Gasteiger partial charge on any atom is -0.508 e. The summed E-state index contributed by atoms with van der Waals surface area (Å²) >= 11 is 0. The molecule has 1 heterocycles. The molecule has 1 amide bonds. The summed E-state index contributed by atoms with van der Waals surface area (Å²) in [5, 5.41) is 12.2. The van der Waals surface area contributed by atoms with Gasteiger partial charge in [0, 0.05) is 17.2 Å². The topological polar surface area (TPSA) is 58.6 Å². The number of ether oxygens (including phenoxy) is 1. The van der Waals surface area contributed by atoms with Gasteiger partial charge in [-0.15, -0.1) is 0 Å². The highest BCUT2D eigenvalue weighted by atomic mass is 16.5. The molecule has 0 atom stereocenters. The van der Waals surface area contributed by atoms with E-state index < -0.39 is 0 Å². The molecule has 0 bridgehead atoms. The van der Waals surface area contributed by atoms with Crippen LogP contribution < -0.4 is 10.1 Å². The summed E-state index contributed by atoms with van der Waals surface area (Å²) in [6.45, 7) is 0. The van der Waals surface area contributed by atoms with Crippen molar-refractivity contribution < 1.29 is 14.6 Å². The Bertz CT molecular complexity index is 702. The fourth-order valence-corrected chi connectivity index (χ4v) is 2.19. The molecule has 1 aliphatic heterocycles. The van der Waals surface area contributed by atoms with Crippen molar-refractivity contribution in [1.29, 1.82) is 0 Å². The van der Waals surface area contributed by atoms with E-state index in [0.29, 0.717) is 11.3 Å². The van der Waals surface area contributed by atoms with Gasteiger partial charge >= 0.3 is 0 Å². The predicted octanol–water partition coefficient (Wildman–Crippen LogP) is 2.89. The Hall–Kier alpha value is -2.75. The van der Waals surface area contributed by atoms with Gasteiger partial charge in [0.2, 0.25) is 0 Å². The molecule has 4 nitrogen and oxygen atoms in total. The zero-order valence-corrected chi connectivity index (χ0v) is 10.9. The molecule has 1 aliphatic rings. The van der Waals surface area contributed by atoms with Crippen LogP contribution in [0.5, 0.6) is 11.5 Å². The van der Waals surface area contributed by atoms with Gasteiger partial charge in [-0.25, -0.2) is 0 Å². The summed E-state index contributed by atoms with van der Waals surface area (Å²) in [4.78, 5) is 12.0. The first-order valence-electron chi connectivity index (χ1n) is 6.18. The van der Waals surface area contributed by atoms with Crippen LogP contribution in [0.3, 0.4) is 0 Å². The monoisotopic (exact) mass is 267 g/mol. The minimum atomic E-state index is -0.165. The number of amides is 1. The van der Waals surface area contributed by atoms with Crippen LogP contribution in [0.25, 0.3) is 11.6 Å². The number of phenols is 1. The third kappa shape index (κ3) is 2.12. The van der Waals surface area contributed by atoms with Gasteiger partial charge in [0.25, 0.3) is 5.91 Å². The Morgan fingerprint density at radius 2 is 1.90 bits per heavy atom. The number of methoxy groups -OCH3 is 1. The highest BCUT2D eigenvalue weighted by molar-refractivity contribution is 6.35. The average molecular weight is 267 g/mol. The minimum absolute atomic E-state index is 0.134. The van der Waals surface area contributed by atoms with Crippen LogP contribution >= 0.6 is 0 Å². The van der Waals surface area contributed by atoms with E-state index >= 15 is 0 Å². The number of phenolic OH excluding ortho intramolecular Hbond substituents is 1. The summed E-state index contributed by atoms with van der Waals surface area (Å²) < 4.78 is 5.10. The number of hydrogen-bond acceptors (Lipinski definition) is 3. The number of fused-ring (bicyclic) bond motifs is 1. The average Bonchev–Trinajstić information content (AvgIpc) is 2.75. The Kier molecular flexibility index (Phi) is 2.91. The maximum Gasteiger partial charge on any atom is 0.256 e. The van der Waals surface area contributed by atoms with Crippen molar-refractivity contribution in [2.75, 3.05) is 12.4 Å². The number of carbonyl (C=O) groups excluding carboxylic acids is 1. The van der Waals surface area contributed by atoms with E-state index in [0.717, 1.165) is 16.9 Å². The molecule has 3 rings (SSSR count). The number of rotatable bonds is 2. The molecular formula is C16H13NO3. The highest BCUT2D eigenvalue weighted by Crippen LogP contribution is 2.35. The van der Waals surface area contributed by atoms with E-state index in [1.807, 2.05) is 30.3 Å². The lowest BCUT2D eigenvalue weighted by Crippen LogP contribution is -2.03. The molecular weight excluding hydrogens is 254 g/mol. The smallest absolute Gasteiger partial charge is 0.256 e. The first-order valence-corrected chi connectivity index (χ1v) is 6.18. The first kappa shape index (κ1) is 12.3. The lowest BCUT2D eigenvalue weighted by atomic mass is 10.0. The molecule has 0 unspecified atom stereocenters. The fourth-order valence-electron chi connectivity index (χ4n) is 2.19. The van der Waals surface area contributed by atoms with Crippen molar-refractivity contribution in [3.63, 3.8) is 0 Å². The van der Waals surface area contributed by atoms with Gasteiger partial charge in [-0.3, -0.25) is 4.79 Å². The molecule has 2 N–H and O–H groups in total. The largest absolute Gasteiger partial charge is 0.508 e. The maximum atomic E-state index is 12.0. The maximum absolute atomic E-state index is 12.0. The van der Waals surface area contributed by atoms with Gasteiger partial charge in [-0.1, -0.05) is 12.1 Å². The van der Waals surface area contributed by atoms with Crippen molar-refractivity contribution in [3.8, 4) is 11.5 Å². The third-order valence-electron chi connectivity index (χ3n) is 3.21. The van der Waals surface area contributed by atoms with Crippen LogP contribution in [0.15, 0.2) is 42.5 Å². The molecule has 0 aromatic heterocycles. The van der Waals surface area contributed by atoms with Gasteiger partial charge < -0.3 is 15.2 Å². The summed E-state index contributed by atoms with van der Waals surface area (Å²) in [7, 11) is 1.61. The molecule has 2 aromatic rings. The van der Waals surface area contributed by atoms with Crippen LogP contribution in [0.2, 0.25) is 0 Å². The second kappa shape index (κ2) is 4.74. The number of nitrogens with one attached hydrogen (secondary N) is 1. The molecule has 0 fully saturated rings. The number of anilines is 1. The number of benzene rings is 2.